The van der Waals surface area contributed by atoms with Crippen LogP contribution in [0.3, 0.4) is 0 Å². The van der Waals surface area contributed by atoms with Gasteiger partial charge in [0.15, 0.2) is 0 Å². The summed E-state index contributed by atoms with van der Waals surface area (Å²) in [6, 6.07) is 12.0. The second-order valence-corrected chi connectivity index (χ2v) is 4.62. The molecule has 2 nitrogen and oxygen atoms in total. The summed E-state index contributed by atoms with van der Waals surface area (Å²) in [4.78, 5) is 0. The van der Waals surface area contributed by atoms with Gasteiger partial charge in [-0.3, -0.25) is 0 Å². The van der Waals surface area contributed by atoms with Gasteiger partial charge in [0.25, 0.3) is 0 Å². The highest BCUT2D eigenvalue weighted by atomic mass is 79.9. The summed E-state index contributed by atoms with van der Waals surface area (Å²) in [5.41, 5.74) is 0.917. The monoisotopic (exact) mass is 310 g/mol. The first kappa shape index (κ1) is 12.9. The van der Waals surface area contributed by atoms with Crippen molar-refractivity contribution in [3.05, 3.63) is 58.3 Å². The Balaban J connectivity index is 2.11. The molecule has 2 aromatic rings. The van der Waals surface area contributed by atoms with Gasteiger partial charge < -0.3 is 9.47 Å². The lowest BCUT2D eigenvalue weighted by Crippen LogP contribution is -1.98. The zero-order chi connectivity index (χ0) is 13.0. The highest BCUT2D eigenvalue weighted by molar-refractivity contribution is 9.10. The van der Waals surface area contributed by atoms with Gasteiger partial charge in [-0.25, -0.2) is 4.39 Å². The predicted octanol–water partition coefficient (Wildman–Crippen LogP) is 4.18. The molecular formula is C14H12BrFO2. The molecule has 18 heavy (non-hydrogen) atoms. The van der Waals surface area contributed by atoms with Gasteiger partial charge in [-0.15, -0.1) is 0 Å². The zero-order valence-corrected chi connectivity index (χ0v) is 11.4. The smallest absolute Gasteiger partial charge is 0.128 e. The molecule has 0 aromatic heterocycles. The molecule has 0 fully saturated rings. The van der Waals surface area contributed by atoms with Crippen LogP contribution in [0, 0.1) is 5.82 Å². The van der Waals surface area contributed by atoms with Crippen molar-refractivity contribution < 1.29 is 13.9 Å². The molecule has 0 N–H and O–H groups in total. The third kappa shape index (κ3) is 3.23. The van der Waals surface area contributed by atoms with Crippen molar-refractivity contribution >= 4 is 15.9 Å². The van der Waals surface area contributed by atoms with Crippen molar-refractivity contribution in [3.63, 3.8) is 0 Å². The molecule has 0 amide bonds. The Morgan fingerprint density at radius 2 is 1.94 bits per heavy atom. The van der Waals surface area contributed by atoms with Crippen molar-refractivity contribution in [2.24, 2.45) is 0 Å². The van der Waals surface area contributed by atoms with E-state index in [0.717, 1.165) is 11.3 Å². The first-order chi connectivity index (χ1) is 8.69. The van der Waals surface area contributed by atoms with Crippen LogP contribution in [0.25, 0.3) is 0 Å². The Hall–Kier alpha value is -1.55. The van der Waals surface area contributed by atoms with E-state index >= 15 is 0 Å². The van der Waals surface area contributed by atoms with E-state index in [2.05, 4.69) is 15.9 Å². The van der Waals surface area contributed by atoms with Gasteiger partial charge in [-0.2, -0.15) is 0 Å². The molecule has 94 valence electrons. The van der Waals surface area contributed by atoms with Gasteiger partial charge in [0.1, 0.15) is 23.9 Å². The van der Waals surface area contributed by atoms with Crippen LogP contribution in [0.4, 0.5) is 4.39 Å². The Bertz CT molecular complexity index is 523. The standard InChI is InChI=1S/C14H12BrFO2/c1-17-14-5-3-2-4-10(14)9-18-13-7-11(15)6-12(16)8-13/h2-8H,9H2,1H3. The minimum absolute atomic E-state index is 0.333. The molecule has 0 unspecified atom stereocenters. The Morgan fingerprint density at radius 1 is 1.17 bits per heavy atom. The van der Waals surface area contributed by atoms with Gasteiger partial charge >= 0.3 is 0 Å². The van der Waals surface area contributed by atoms with Crippen LogP contribution in [0.1, 0.15) is 5.56 Å². The van der Waals surface area contributed by atoms with Crippen molar-refractivity contribution in [3.8, 4) is 11.5 Å². The summed E-state index contributed by atoms with van der Waals surface area (Å²) in [7, 11) is 1.61. The fourth-order valence-electron chi connectivity index (χ4n) is 1.60. The van der Waals surface area contributed by atoms with Gasteiger partial charge in [0.05, 0.1) is 7.11 Å². The predicted molar refractivity (Wildman–Crippen MR) is 71.4 cm³/mol. The van der Waals surface area contributed by atoms with E-state index < -0.39 is 0 Å². The molecule has 0 heterocycles. The molecular weight excluding hydrogens is 299 g/mol. The van der Waals surface area contributed by atoms with Crippen LogP contribution in [0.5, 0.6) is 11.5 Å². The molecule has 0 atom stereocenters. The van der Waals surface area contributed by atoms with Crippen LogP contribution in [0.2, 0.25) is 0 Å². The average molecular weight is 311 g/mol. The molecule has 4 heteroatoms. The molecule has 0 saturated heterocycles. The van der Waals surface area contributed by atoms with Crippen molar-refractivity contribution in [1.82, 2.24) is 0 Å². The van der Waals surface area contributed by atoms with E-state index in [1.165, 1.54) is 12.1 Å². The maximum Gasteiger partial charge on any atom is 0.128 e. The van der Waals surface area contributed by atoms with E-state index in [0.29, 0.717) is 16.8 Å². The Morgan fingerprint density at radius 3 is 2.67 bits per heavy atom. The fourth-order valence-corrected chi connectivity index (χ4v) is 2.04. The third-order valence-electron chi connectivity index (χ3n) is 2.42. The SMILES string of the molecule is COc1ccccc1COc1cc(F)cc(Br)c1. The number of para-hydroxylation sites is 1. The molecule has 2 aromatic carbocycles. The van der Waals surface area contributed by atoms with Crippen LogP contribution < -0.4 is 9.47 Å². The lowest BCUT2D eigenvalue weighted by molar-refractivity contribution is 0.295. The summed E-state index contributed by atoms with van der Waals surface area (Å²) in [5.74, 6) is 0.903. The number of rotatable bonds is 4. The molecule has 2 rings (SSSR count). The van der Waals surface area contributed by atoms with Crippen molar-refractivity contribution in [2.45, 2.75) is 6.61 Å². The van der Waals surface area contributed by atoms with Gasteiger partial charge in [0, 0.05) is 16.1 Å². The lowest BCUT2D eigenvalue weighted by Gasteiger charge is -2.10. The van der Waals surface area contributed by atoms with Crippen molar-refractivity contribution in [2.75, 3.05) is 7.11 Å². The topological polar surface area (TPSA) is 18.5 Å². The number of halogens is 2. The van der Waals surface area contributed by atoms with E-state index in [1.54, 1.807) is 13.2 Å². The molecule has 0 spiro atoms. The molecule has 0 aliphatic carbocycles. The van der Waals surface area contributed by atoms with Gasteiger partial charge in [-0.1, -0.05) is 34.1 Å². The number of hydrogen-bond donors (Lipinski definition) is 0. The lowest BCUT2D eigenvalue weighted by atomic mass is 10.2. The minimum Gasteiger partial charge on any atom is -0.496 e. The van der Waals surface area contributed by atoms with Crippen LogP contribution in [0.15, 0.2) is 46.9 Å². The highest BCUT2D eigenvalue weighted by Crippen LogP contribution is 2.23. The number of methoxy groups -OCH3 is 1. The first-order valence-electron chi connectivity index (χ1n) is 5.40. The van der Waals surface area contributed by atoms with Crippen LogP contribution in [-0.2, 0) is 6.61 Å². The number of ether oxygens (including phenoxy) is 2. The van der Waals surface area contributed by atoms with Crippen molar-refractivity contribution in [1.29, 1.82) is 0 Å². The normalized spacial score (nSPS) is 10.2. The Labute approximate surface area is 113 Å². The summed E-state index contributed by atoms with van der Waals surface area (Å²) < 4.78 is 24.6. The zero-order valence-electron chi connectivity index (χ0n) is 9.82. The van der Waals surface area contributed by atoms with Gasteiger partial charge in [0.2, 0.25) is 0 Å². The summed E-state index contributed by atoms with van der Waals surface area (Å²) in [6.07, 6.45) is 0. The van der Waals surface area contributed by atoms with E-state index in [-0.39, 0.29) is 5.82 Å². The quantitative estimate of drug-likeness (QED) is 0.843. The second-order valence-electron chi connectivity index (χ2n) is 3.71. The van der Waals surface area contributed by atoms with E-state index in [4.69, 9.17) is 9.47 Å². The summed E-state index contributed by atoms with van der Waals surface area (Å²) >= 11 is 3.22. The molecule has 0 saturated carbocycles. The largest absolute Gasteiger partial charge is 0.496 e. The first-order valence-corrected chi connectivity index (χ1v) is 6.19. The molecule has 0 aliphatic rings. The second kappa shape index (κ2) is 5.87. The maximum absolute atomic E-state index is 13.2. The van der Waals surface area contributed by atoms with E-state index in [9.17, 15) is 4.39 Å². The van der Waals surface area contributed by atoms with Crippen LogP contribution in [-0.4, -0.2) is 7.11 Å². The molecule has 0 bridgehead atoms. The molecule has 0 aliphatic heterocycles. The Kier molecular flexibility index (Phi) is 4.20. The number of benzene rings is 2. The van der Waals surface area contributed by atoms with Gasteiger partial charge in [-0.05, 0) is 18.2 Å². The summed E-state index contributed by atoms with van der Waals surface area (Å²) in [6.45, 7) is 0.333. The minimum atomic E-state index is -0.334. The fraction of sp³-hybridized carbons (Fsp3) is 0.143. The maximum atomic E-state index is 13.2. The molecule has 0 radical (unpaired) electrons. The average Bonchev–Trinajstić information content (AvgIpc) is 2.35. The summed E-state index contributed by atoms with van der Waals surface area (Å²) in [5, 5.41) is 0. The van der Waals surface area contributed by atoms with E-state index in [1.807, 2.05) is 24.3 Å². The highest BCUT2D eigenvalue weighted by Gasteiger charge is 2.04. The number of hydrogen-bond acceptors (Lipinski definition) is 2. The third-order valence-corrected chi connectivity index (χ3v) is 2.88. The van der Waals surface area contributed by atoms with Crippen LogP contribution >= 0.6 is 15.9 Å².